The number of aliphatic hydroxyl groups is 1. The molecule has 3 rings (SSSR count). The standard InChI is InChI=1S/C17H19NOS/c1-11(10-18)17(2,19)12-7-8-16-14(9-12)13-5-3-4-6-15(13)20-16/h3-9,11,19H,10,18H2,1-2H3. The van der Waals surface area contributed by atoms with E-state index in [0.29, 0.717) is 6.54 Å². The zero-order valence-corrected chi connectivity index (χ0v) is 12.6. The molecule has 104 valence electrons. The van der Waals surface area contributed by atoms with Crippen molar-refractivity contribution >= 4 is 31.5 Å². The monoisotopic (exact) mass is 285 g/mol. The molecule has 0 aliphatic heterocycles. The molecular formula is C17H19NOS. The number of benzene rings is 2. The molecule has 0 aliphatic carbocycles. The van der Waals surface area contributed by atoms with Crippen molar-refractivity contribution in [2.24, 2.45) is 11.7 Å². The smallest absolute Gasteiger partial charge is 0.0906 e. The lowest BCUT2D eigenvalue weighted by Gasteiger charge is -2.30. The number of hydrogen-bond donors (Lipinski definition) is 2. The van der Waals surface area contributed by atoms with Crippen LogP contribution in [0.4, 0.5) is 0 Å². The quantitative estimate of drug-likeness (QED) is 0.767. The van der Waals surface area contributed by atoms with Crippen molar-refractivity contribution in [2.75, 3.05) is 6.54 Å². The summed E-state index contributed by atoms with van der Waals surface area (Å²) in [6.07, 6.45) is 0. The van der Waals surface area contributed by atoms with Crippen LogP contribution in [0.2, 0.25) is 0 Å². The van der Waals surface area contributed by atoms with E-state index < -0.39 is 5.60 Å². The van der Waals surface area contributed by atoms with Crippen molar-refractivity contribution in [1.82, 2.24) is 0 Å². The van der Waals surface area contributed by atoms with Gasteiger partial charge in [0, 0.05) is 26.1 Å². The molecule has 3 aromatic rings. The van der Waals surface area contributed by atoms with Crippen molar-refractivity contribution < 1.29 is 5.11 Å². The third-order valence-electron chi connectivity index (χ3n) is 4.27. The second kappa shape index (κ2) is 4.85. The Kier molecular flexibility index (Phi) is 3.28. The van der Waals surface area contributed by atoms with Crippen LogP contribution in [0.15, 0.2) is 42.5 Å². The summed E-state index contributed by atoms with van der Waals surface area (Å²) >= 11 is 1.79. The molecule has 0 spiro atoms. The van der Waals surface area contributed by atoms with Gasteiger partial charge in [0.05, 0.1) is 5.60 Å². The van der Waals surface area contributed by atoms with E-state index in [1.165, 1.54) is 20.2 Å². The predicted molar refractivity (Wildman–Crippen MR) is 87.1 cm³/mol. The van der Waals surface area contributed by atoms with Gasteiger partial charge in [0.2, 0.25) is 0 Å². The average Bonchev–Trinajstić information content (AvgIpc) is 2.84. The maximum atomic E-state index is 10.7. The highest BCUT2D eigenvalue weighted by Gasteiger charge is 2.29. The van der Waals surface area contributed by atoms with E-state index in [1.54, 1.807) is 11.3 Å². The fourth-order valence-electron chi connectivity index (χ4n) is 2.55. The van der Waals surface area contributed by atoms with Gasteiger partial charge in [0.15, 0.2) is 0 Å². The summed E-state index contributed by atoms with van der Waals surface area (Å²) in [4.78, 5) is 0. The normalized spacial score (nSPS) is 16.4. The Labute approximate surface area is 122 Å². The Bertz CT molecular complexity index is 760. The molecular weight excluding hydrogens is 266 g/mol. The molecule has 0 radical (unpaired) electrons. The van der Waals surface area contributed by atoms with Crippen molar-refractivity contribution in [2.45, 2.75) is 19.4 Å². The van der Waals surface area contributed by atoms with Crippen LogP contribution in [0.25, 0.3) is 20.2 Å². The van der Waals surface area contributed by atoms with Crippen molar-refractivity contribution in [3.63, 3.8) is 0 Å². The highest BCUT2D eigenvalue weighted by atomic mass is 32.1. The summed E-state index contributed by atoms with van der Waals surface area (Å²) in [6, 6.07) is 14.6. The van der Waals surface area contributed by atoms with Gasteiger partial charge < -0.3 is 10.8 Å². The first-order valence-electron chi connectivity index (χ1n) is 6.88. The molecule has 2 nitrogen and oxygen atoms in total. The molecule has 3 N–H and O–H groups in total. The average molecular weight is 285 g/mol. The van der Waals surface area contributed by atoms with Crippen LogP contribution >= 0.6 is 11.3 Å². The topological polar surface area (TPSA) is 46.2 Å². The van der Waals surface area contributed by atoms with Gasteiger partial charge in [-0.2, -0.15) is 0 Å². The van der Waals surface area contributed by atoms with Gasteiger partial charge >= 0.3 is 0 Å². The number of fused-ring (bicyclic) bond motifs is 3. The van der Waals surface area contributed by atoms with Crippen LogP contribution in [-0.2, 0) is 5.60 Å². The third-order valence-corrected chi connectivity index (χ3v) is 5.43. The lowest BCUT2D eigenvalue weighted by molar-refractivity contribution is 0.00532. The fraction of sp³-hybridized carbons (Fsp3) is 0.294. The number of nitrogens with two attached hydrogens (primary N) is 1. The van der Waals surface area contributed by atoms with Gasteiger partial charge in [-0.25, -0.2) is 0 Å². The molecule has 3 heteroatoms. The summed E-state index contributed by atoms with van der Waals surface area (Å²) in [5.41, 5.74) is 5.76. The summed E-state index contributed by atoms with van der Waals surface area (Å²) in [5.74, 6) is 0.0184. The van der Waals surface area contributed by atoms with E-state index in [0.717, 1.165) is 5.56 Å². The van der Waals surface area contributed by atoms with E-state index >= 15 is 0 Å². The Hall–Kier alpha value is -1.42. The Morgan fingerprint density at radius 2 is 1.85 bits per heavy atom. The van der Waals surface area contributed by atoms with Crippen LogP contribution in [0, 0.1) is 5.92 Å². The molecule has 0 amide bonds. The highest BCUT2D eigenvalue weighted by molar-refractivity contribution is 7.25. The second-order valence-corrected chi connectivity index (χ2v) is 6.68. The zero-order valence-electron chi connectivity index (χ0n) is 11.8. The van der Waals surface area contributed by atoms with Crippen LogP contribution in [0.3, 0.4) is 0 Å². The van der Waals surface area contributed by atoms with Gasteiger partial charge in [-0.15, -0.1) is 11.3 Å². The van der Waals surface area contributed by atoms with E-state index in [4.69, 9.17) is 5.73 Å². The van der Waals surface area contributed by atoms with Gasteiger partial charge in [-0.1, -0.05) is 31.2 Å². The molecule has 0 fully saturated rings. The molecule has 2 atom stereocenters. The predicted octanol–water partition coefficient (Wildman–Crippen LogP) is 3.86. The van der Waals surface area contributed by atoms with Gasteiger partial charge in [-0.05, 0) is 37.2 Å². The minimum absolute atomic E-state index is 0.0184. The molecule has 0 saturated heterocycles. The largest absolute Gasteiger partial charge is 0.385 e. The van der Waals surface area contributed by atoms with Crippen LogP contribution in [-0.4, -0.2) is 11.7 Å². The molecule has 1 aromatic heterocycles. The molecule has 0 bridgehead atoms. The van der Waals surface area contributed by atoms with E-state index in [1.807, 2.05) is 19.9 Å². The van der Waals surface area contributed by atoms with E-state index in [9.17, 15) is 5.11 Å². The Morgan fingerprint density at radius 3 is 2.60 bits per heavy atom. The molecule has 0 saturated carbocycles. The van der Waals surface area contributed by atoms with Gasteiger partial charge in [0.25, 0.3) is 0 Å². The molecule has 20 heavy (non-hydrogen) atoms. The molecule has 0 aliphatic rings. The summed E-state index contributed by atoms with van der Waals surface area (Å²) < 4.78 is 2.54. The Morgan fingerprint density at radius 1 is 1.15 bits per heavy atom. The molecule has 2 unspecified atom stereocenters. The Balaban J connectivity index is 2.22. The first-order chi connectivity index (χ1) is 9.54. The third kappa shape index (κ3) is 2.03. The first-order valence-corrected chi connectivity index (χ1v) is 7.70. The number of hydrogen-bond acceptors (Lipinski definition) is 3. The van der Waals surface area contributed by atoms with Crippen molar-refractivity contribution in [1.29, 1.82) is 0 Å². The summed E-state index contributed by atoms with van der Waals surface area (Å²) in [7, 11) is 0. The fourth-order valence-corrected chi connectivity index (χ4v) is 3.64. The maximum absolute atomic E-state index is 10.7. The van der Waals surface area contributed by atoms with Crippen molar-refractivity contribution in [3.8, 4) is 0 Å². The maximum Gasteiger partial charge on any atom is 0.0906 e. The minimum Gasteiger partial charge on any atom is -0.385 e. The van der Waals surface area contributed by atoms with E-state index in [2.05, 4.69) is 36.4 Å². The summed E-state index contributed by atoms with van der Waals surface area (Å²) in [5, 5.41) is 13.2. The van der Waals surface area contributed by atoms with E-state index in [-0.39, 0.29) is 5.92 Å². The lowest BCUT2D eigenvalue weighted by atomic mass is 9.83. The van der Waals surface area contributed by atoms with Crippen LogP contribution in [0.1, 0.15) is 19.4 Å². The minimum atomic E-state index is -0.897. The second-order valence-electron chi connectivity index (χ2n) is 5.59. The first kappa shape index (κ1) is 13.6. The van der Waals surface area contributed by atoms with Crippen LogP contribution in [0.5, 0.6) is 0 Å². The molecule has 1 heterocycles. The summed E-state index contributed by atoms with van der Waals surface area (Å²) in [6.45, 7) is 4.30. The van der Waals surface area contributed by atoms with Gasteiger partial charge in [0.1, 0.15) is 0 Å². The molecule has 2 aromatic carbocycles. The van der Waals surface area contributed by atoms with Crippen molar-refractivity contribution in [3.05, 3.63) is 48.0 Å². The van der Waals surface area contributed by atoms with Crippen LogP contribution < -0.4 is 5.73 Å². The lowest BCUT2D eigenvalue weighted by Crippen LogP contribution is -2.34. The zero-order chi connectivity index (χ0) is 14.3. The number of thiophene rings is 1. The SMILES string of the molecule is CC(CN)C(C)(O)c1ccc2sc3ccccc3c2c1. The highest BCUT2D eigenvalue weighted by Crippen LogP contribution is 2.37. The van der Waals surface area contributed by atoms with Gasteiger partial charge in [-0.3, -0.25) is 0 Å². The number of rotatable bonds is 3.